The quantitative estimate of drug-likeness (QED) is 0.532. The van der Waals surface area contributed by atoms with E-state index in [1.165, 1.54) is 57.9 Å². The van der Waals surface area contributed by atoms with E-state index in [0.717, 1.165) is 6.42 Å². The van der Waals surface area contributed by atoms with Crippen LogP contribution in [0.15, 0.2) is 60.7 Å². The molecule has 1 aliphatic carbocycles. The predicted octanol–water partition coefficient (Wildman–Crippen LogP) is 6.28. The molecule has 0 amide bonds. The molecule has 0 aromatic heterocycles. The maximum absolute atomic E-state index is 2.36. The summed E-state index contributed by atoms with van der Waals surface area (Å²) in [5, 5.41) is 2.83. The van der Waals surface area contributed by atoms with Gasteiger partial charge in [-0.2, -0.15) is 0 Å². The number of fused-ring (bicyclic) bond motifs is 2. The molecule has 1 aliphatic rings. The van der Waals surface area contributed by atoms with Crippen LogP contribution in [-0.2, 0) is 12.8 Å². The number of rotatable bonds is 4. The SMILES string of the molecule is CCCCc1ccc(C2=Cc3ccccc3C2)c2ccccc12. The molecule has 3 aromatic carbocycles. The molecule has 0 N–H and O–H groups in total. The van der Waals surface area contributed by atoms with Crippen molar-refractivity contribution in [3.8, 4) is 0 Å². The molecular formula is C23H22. The molecular weight excluding hydrogens is 276 g/mol. The molecule has 0 saturated carbocycles. The Hall–Kier alpha value is -2.34. The number of benzene rings is 3. The third-order valence-corrected chi connectivity index (χ3v) is 4.93. The van der Waals surface area contributed by atoms with Crippen molar-refractivity contribution in [2.45, 2.75) is 32.6 Å². The average Bonchev–Trinajstić information content (AvgIpc) is 3.03. The first kappa shape index (κ1) is 14.3. The van der Waals surface area contributed by atoms with E-state index >= 15 is 0 Å². The van der Waals surface area contributed by atoms with Crippen LogP contribution < -0.4 is 0 Å². The van der Waals surface area contributed by atoms with Crippen LogP contribution in [0.2, 0.25) is 0 Å². The van der Waals surface area contributed by atoms with Crippen molar-refractivity contribution >= 4 is 22.4 Å². The summed E-state index contributed by atoms with van der Waals surface area (Å²) in [5.41, 5.74) is 7.16. The summed E-state index contributed by atoms with van der Waals surface area (Å²) in [5.74, 6) is 0. The molecule has 0 radical (unpaired) electrons. The Morgan fingerprint density at radius 3 is 2.43 bits per heavy atom. The molecule has 0 heterocycles. The van der Waals surface area contributed by atoms with E-state index in [0.29, 0.717) is 0 Å². The molecule has 114 valence electrons. The standard InChI is InChI=1S/C23H22/c1-2-3-8-17-13-14-22(23-12-7-6-11-21(17)23)20-15-18-9-4-5-10-19(18)16-20/h4-7,9-15H,2-3,8,16H2,1H3. The second-order valence-corrected chi connectivity index (χ2v) is 6.47. The highest BCUT2D eigenvalue weighted by Crippen LogP contribution is 2.36. The lowest BCUT2D eigenvalue weighted by molar-refractivity contribution is 0.799. The normalized spacial score (nSPS) is 13.2. The van der Waals surface area contributed by atoms with Crippen LogP contribution in [0, 0.1) is 0 Å². The van der Waals surface area contributed by atoms with Gasteiger partial charge in [-0.25, -0.2) is 0 Å². The predicted molar refractivity (Wildman–Crippen MR) is 101 cm³/mol. The molecule has 0 spiro atoms. The summed E-state index contributed by atoms with van der Waals surface area (Å²) >= 11 is 0. The molecule has 0 saturated heterocycles. The van der Waals surface area contributed by atoms with Gasteiger partial charge in [0.15, 0.2) is 0 Å². The van der Waals surface area contributed by atoms with Crippen molar-refractivity contribution in [2.75, 3.05) is 0 Å². The maximum Gasteiger partial charge on any atom is -0.00135 e. The Bertz CT molecular complexity index is 883. The average molecular weight is 298 g/mol. The van der Waals surface area contributed by atoms with Crippen molar-refractivity contribution in [1.29, 1.82) is 0 Å². The van der Waals surface area contributed by atoms with Crippen LogP contribution in [0.5, 0.6) is 0 Å². The highest BCUT2D eigenvalue weighted by atomic mass is 14.2. The number of unbranched alkanes of at least 4 members (excludes halogenated alkanes) is 1. The second-order valence-electron chi connectivity index (χ2n) is 6.47. The molecule has 0 bridgehead atoms. The van der Waals surface area contributed by atoms with Crippen LogP contribution in [0.25, 0.3) is 22.4 Å². The van der Waals surface area contributed by atoms with Crippen molar-refractivity contribution in [2.24, 2.45) is 0 Å². The van der Waals surface area contributed by atoms with E-state index in [9.17, 15) is 0 Å². The molecule has 0 atom stereocenters. The van der Waals surface area contributed by atoms with Gasteiger partial charge in [0, 0.05) is 0 Å². The van der Waals surface area contributed by atoms with E-state index in [4.69, 9.17) is 0 Å². The number of hydrogen-bond donors (Lipinski definition) is 0. The monoisotopic (exact) mass is 298 g/mol. The van der Waals surface area contributed by atoms with Gasteiger partial charge in [0.2, 0.25) is 0 Å². The van der Waals surface area contributed by atoms with Crippen LogP contribution in [0.4, 0.5) is 0 Å². The number of hydrogen-bond acceptors (Lipinski definition) is 0. The summed E-state index contributed by atoms with van der Waals surface area (Å²) < 4.78 is 0. The van der Waals surface area contributed by atoms with Crippen LogP contribution in [0.1, 0.15) is 42.0 Å². The van der Waals surface area contributed by atoms with E-state index in [2.05, 4.69) is 73.7 Å². The van der Waals surface area contributed by atoms with Crippen LogP contribution in [-0.4, -0.2) is 0 Å². The van der Waals surface area contributed by atoms with Gasteiger partial charge < -0.3 is 0 Å². The Morgan fingerprint density at radius 2 is 1.61 bits per heavy atom. The van der Waals surface area contributed by atoms with Gasteiger partial charge >= 0.3 is 0 Å². The Labute approximate surface area is 138 Å². The summed E-state index contributed by atoms with van der Waals surface area (Å²) in [6, 6.07) is 22.3. The third-order valence-electron chi connectivity index (χ3n) is 4.93. The first-order chi connectivity index (χ1) is 11.4. The summed E-state index contributed by atoms with van der Waals surface area (Å²) in [4.78, 5) is 0. The fourth-order valence-corrected chi connectivity index (χ4v) is 3.68. The van der Waals surface area contributed by atoms with Crippen LogP contribution in [0.3, 0.4) is 0 Å². The minimum absolute atomic E-state index is 1.05. The molecule has 0 aliphatic heterocycles. The molecule has 3 aromatic rings. The minimum Gasteiger partial charge on any atom is -0.0654 e. The van der Waals surface area contributed by atoms with Gasteiger partial charge in [0.25, 0.3) is 0 Å². The van der Waals surface area contributed by atoms with Crippen molar-refractivity contribution in [3.63, 3.8) is 0 Å². The minimum atomic E-state index is 1.05. The van der Waals surface area contributed by atoms with E-state index in [1.54, 1.807) is 0 Å². The fourth-order valence-electron chi connectivity index (χ4n) is 3.68. The maximum atomic E-state index is 2.36. The van der Waals surface area contributed by atoms with E-state index in [1.807, 2.05) is 0 Å². The molecule has 4 rings (SSSR count). The van der Waals surface area contributed by atoms with Gasteiger partial charge in [-0.15, -0.1) is 0 Å². The molecule has 0 heteroatoms. The van der Waals surface area contributed by atoms with E-state index in [-0.39, 0.29) is 0 Å². The number of aryl methyl sites for hydroxylation is 1. The third kappa shape index (κ3) is 2.59. The lowest BCUT2D eigenvalue weighted by Gasteiger charge is -2.12. The zero-order valence-corrected chi connectivity index (χ0v) is 13.7. The second kappa shape index (κ2) is 6.04. The Morgan fingerprint density at radius 1 is 0.826 bits per heavy atom. The lowest BCUT2D eigenvalue weighted by atomic mass is 9.92. The fraction of sp³-hybridized carbons (Fsp3) is 0.217. The van der Waals surface area contributed by atoms with Gasteiger partial charge in [-0.3, -0.25) is 0 Å². The lowest BCUT2D eigenvalue weighted by Crippen LogP contribution is -1.92. The van der Waals surface area contributed by atoms with Crippen molar-refractivity contribution < 1.29 is 0 Å². The Balaban J connectivity index is 1.81. The summed E-state index contributed by atoms with van der Waals surface area (Å²) in [7, 11) is 0. The van der Waals surface area contributed by atoms with Gasteiger partial charge in [0.05, 0.1) is 0 Å². The van der Waals surface area contributed by atoms with Gasteiger partial charge in [-0.1, -0.05) is 80.1 Å². The zero-order chi connectivity index (χ0) is 15.6. The molecule has 23 heavy (non-hydrogen) atoms. The zero-order valence-electron chi connectivity index (χ0n) is 13.7. The number of allylic oxidation sites excluding steroid dienone is 1. The van der Waals surface area contributed by atoms with Crippen LogP contribution >= 0.6 is 0 Å². The van der Waals surface area contributed by atoms with Crippen molar-refractivity contribution in [3.05, 3.63) is 82.9 Å². The largest absolute Gasteiger partial charge is 0.0654 e. The van der Waals surface area contributed by atoms with Gasteiger partial charge in [0.1, 0.15) is 0 Å². The molecule has 0 nitrogen and oxygen atoms in total. The topological polar surface area (TPSA) is 0 Å². The first-order valence-corrected chi connectivity index (χ1v) is 8.66. The van der Waals surface area contributed by atoms with E-state index < -0.39 is 0 Å². The highest BCUT2D eigenvalue weighted by Gasteiger charge is 2.16. The van der Waals surface area contributed by atoms with Gasteiger partial charge in [-0.05, 0) is 57.9 Å². The highest BCUT2D eigenvalue weighted by molar-refractivity contribution is 6.01. The Kier molecular flexibility index (Phi) is 3.75. The summed E-state index contributed by atoms with van der Waals surface area (Å²) in [6.45, 7) is 2.26. The first-order valence-electron chi connectivity index (χ1n) is 8.66. The smallest absolute Gasteiger partial charge is 0.00135 e. The van der Waals surface area contributed by atoms with Crippen molar-refractivity contribution in [1.82, 2.24) is 0 Å². The molecule has 0 unspecified atom stereocenters. The molecule has 0 fully saturated rings. The summed E-state index contributed by atoms with van der Waals surface area (Å²) in [6.07, 6.45) is 7.10.